The smallest absolute Gasteiger partial charge is 0.122 e. The summed E-state index contributed by atoms with van der Waals surface area (Å²) >= 11 is 1.86. The van der Waals surface area contributed by atoms with E-state index in [-0.39, 0.29) is 0 Å². The third kappa shape index (κ3) is 3.08. The molecule has 0 radical (unpaired) electrons. The first-order valence-electron chi connectivity index (χ1n) is 6.02. The Hall–Kier alpha value is -1.41. The van der Waals surface area contributed by atoms with Gasteiger partial charge in [-0.05, 0) is 31.5 Å². The molecule has 0 atom stereocenters. The van der Waals surface area contributed by atoms with Gasteiger partial charge in [0.15, 0.2) is 0 Å². The summed E-state index contributed by atoms with van der Waals surface area (Å²) in [5.41, 5.74) is 3.86. The van der Waals surface area contributed by atoms with Crippen molar-refractivity contribution in [3.05, 3.63) is 59.2 Å². The third-order valence-corrected chi connectivity index (χ3v) is 4.14. The van der Waals surface area contributed by atoms with Crippen LogP contribution in [0.25, 0.3) is 0 Å². The van der Waals surface area contributed by atoms with E-state index >= 15 is 0 Å². The van der Waals surface area contributed by atoms with E-state index in [1.807, 2.05) is 17.8 Å². The molecule has 1 nitrogen and oxygen atoms in total. The molecule has 2 heteroatoms. The number of thioether (sulfide) groups is 1. The SMILES string of the molecule is COc1ccc(C)cc1CSc1ccccc1C. The quantitative estimate of drug-likeness (QED) is 0.741. The van der Waals surface area contributed by atoms with Crippen LogP contribution in [-0.4, -0.2) is 7.11 Å². The standard InChI is InChI=1S/C16H18OS/c1-12-8-9-15(17-3)14(10-12)11-18-16-7-5-4-6-13(16)2/h4-10H,11H2,1-3H3. The van der Waals surface area contributed by atoms with E-state index in [1.54, 1.807) is 7.11 Å². The molecular formula is C16H18OS. The largest absolute Gasteiger partial charge is 0.496 e. The van der Waals surface area contributed by atoms with E-state index in [0.717, 1.165) is 11.5 Å². The molecule has 0 aliphatic heterocycles. The van der Waals surface area contributed by atoms with Gasteiger partial charge in [-0.3, -0.25) is 0 Å². The number of methoxy groups -OCH3 is 1. The first kappa shape index (κ1) is 13.0. The molecule has 2 aromatic carbocycles. The van der Waals surface area contributed by atoms with E-state index in [0.29, 0.717) is 0 Å². The van der Waals surface area contributed by atoms with Crippen LogP contribution in [0.3, 0.4) is 0 Å². The van der Waals surface area contributed by atoms with E-state index < -0.39 is 0 Å². The van der Waals surface area contributed by atoms with Crippen LogP contribution in [0.2, 0.25) is 0 Å². The van der Waals surface area contributed by atoms with Gasteiger partial charge in [0.2, 0.25) is 0 Å². The van der Waals surface area contributed by atoms with Crippen LogP contribution in [0.4, 0.5) is 0 Å². The molecule has 0 amide bonds. The zero-order valence-electron chi connectivity index (χ0n) is 11.1. The van der Waals surface area contributed by atoms with Gasteiger partial charge in [-0.1, -0.05) is 35.9 Å². The fourth-order valence-electron chi connectivity index (χ4n) is 1.89. The van der Waals surface area contributed by atoms with Crippen LogP contribution in [-0.2, 0) is 5.75 Å². The maximum Gasteiger partial charge on any atom is 0.122 e. The van der Waals surface area contributed by atoms with Gasteiger partial charge in [0.1, 0.15) is 5.75 Å². The highest BCUT2D eigenvalue weighted by atomic mass is 32.2. The lowest BCUT2D eigenvalue weighted by Gasteiger charge is -2.10. The molecule has 0 N–H and O–H groups in total. The lowest BCUT2D eigenvalue weighted by molar-refractivity contribution is 0.411. The van der Waals surface area contributed by atoms with Gasteiger partial charge >= 0.3 is 0 Å². The number of hydrogen-bond donors (Lipinski definition) is 0. The van der Waals surface area contributed by atoms with Gasteiger partial charge in [-0.2, -0.15) is 0 Å². The average Bonchev–Trinajstić information content (AvgIpc) is 2.38. The van der Waals surface area contributed by atoms with Crippen LogP contribution in [0.5, 0.6) is 5.75 Å². The summed E-state index contributed by atoms with van der Waals surface area (Å²) in [5, 5.41) is 0. The number of hydrogen-bond acceptors (Lipinski definition) is 2. The van der Waals surface area contributed by atoms with Crippen LogP contribution in [0.1, 0.15) is 16.7 Å². The van der Waals surface area contributed by atoms with Crippen LogP contribution < -0.4 is 4.74 Å². The zero-order chi connectivity index (χ0) is 13.0. The van der Waals surface area contributed by atoms with Crippen LogP contribution >= 0.6 is 11.8 Å². The van der Waals surface area contributed by atoms with Crippen molar-refractivity contribution in [1.29, 1.82) is 0 Å². The third-order valence-electron chi connectivity index (χ3n) is 2.91. The summed E-state index contributed by atoms with van der Waals surface area (Å²) in [6, 6.07) is 14.8. The minimum atomic E-state index is 0.940. The molecule has 0 saturated heterocycles. The molecule has 2 aromatic rings. The average molecular weight is 258 g/mol. The van der Waals surface area contributed by atoms with Crippen molar-refractivity contribution in [2.75, 3.05) is 7.11 Å². The summed E-state index contributed by atoms with van der Waals surface area (Å²) in [6.07, 6.45) is 0. The lowest BCUT2D eigenvalue weighted by Crippen LogP contribution is -1.91. The Morgan fingerprint density at radius 3 is 2.56 bits per heavy atom. The number of benzene rings is 2. The van der Waals surface area contributed by atoms with E-state index in [9.17, 15) is 0 Å². The molecular weight excluding hydrogens is 240 g/mol. The summed E-state index contributed by atoms with van der Waals surface area (Å²) < 4.78 is 5.41. The molecule has 0 heterocycles. The van der Waals surface area contributed by atoms with Crippen molar-refractivity contribution < 1.29 is 4.74 Å². The molecule has 0 aliphatic rings. The number of aryl methyl sites for hydroxylation is 2. The second-order valence-corrected chi connectivity index (χ2v) is 5.39. The fourth-order valence-corrected chi connectivity index (χ4v) is 2.90. The Balaban J connectivity index is 2.15. The highest BCUT2D eigenvalue weighted by Gasteiger charge is 2.05. The van der Waals surface area contributed by atoms with Gasteiger partial charge < -0.3 is 4.74 Å². The number of ether oxygens (including phenoxy) is 1. The number of rotatable bonds is 4. The molecule has 0 spiro atoms. The summed E-state index contributed by atoms with van der Waals surface area (Å²) in [7, 11) is 1.73. The fraction of sp³-hybridized carbons (Fsp3) is 0.250. The summed E-state index contributed by atoms with van der Waals surface area (Å²) in [5.74, 6) is 1.91. The highest BCUT2D eigenvalue weighted by molar-refractivity contribution is 7.98. The first-order valence-corrected chi connectivity index (χ1v) is 7.01. The summed E-state index contributed by atoms with van der Waals surface area (Å²) in [6.45, 7) is 4.26. The molecule has 0 saturated carbocycles. The van der Waals surface area contributed by atoms with Crippen LogP contribution in [0.15, 0.2) is 47.4 Å². The second-order valence-electron chi connectivity index (χ2n) is 4.37. The summed E-state index contributed by atoms with van der Waals surface area (Å²) in [4.78, 5) is 1.33. The molecule has 0 unspecified atom stereocenters. The maximum absolute atomic E-state index is 5.41. The van der Waals surface area contributed by atoms with Gasteiger partial charge in [0.05, 0.1) is 7.11 Å². The van der Waals surface area contributed by atoms with Crippen molar-refractivity contribution in [2.24, 2.45) is 0 Å². The highest BCUT2D eigenvalue weighted by Crippen LogP contribution is 2.30. The Morgan fingerprint density at radius 2 is 1.83 bits per heavy atom. The van der Waals surface area contributed by atoms with Gasteiger partial charge in [-0.15, -0.1) is 11.8 Å². The molecule has 0 fully saturated rings. The first-order chi connectivity index (χ1) is 8.70. The lowest BCUT2D eigenvalue weighted by atomic mass is 10.1. The van der Waals surface area contributed by atoms with Gasteiger partial charge in [0, 0.05) is 16.2 Å². The predicted molar refractivity (Wildman–Crippen MR) is 78.5 cm³/mol. The molecule has 2 rings (SSSR count). The molecule has 18 heavy (non-hydrogen) atoms. The van der Waals surface area contributed by atoms with E-state index in [4.69, 9.17) is 4.74 Å². The van der Waals surface area contributed by atoms with Gasteiger partial charge in [0.25, 0.3) is 0 Å². The van der Waals surface area contributed by atoms with Crippen molar-refractivity contribution >= 4 is 11.8 Å². The van der Waals surface area contributed by atoms with Crippen molar-refractivity contribution in [2.45, 2.75) is 24.5 Å². The zero-order valence-corrected chi connectivity index (χ0v) is 11.9. The van der Waals surface area contributed by atoms with Crippen molar-refractivity contribution in [1.82, 2.24) is 0 Å². The second kappa shape index (κ2) is 5.96. The Bertz CT molecular complexity index is 534. The normalized spacial score (nSPS) is 10.4. The van der Waals surface area contributed by atoms with E-state index in [1.165, 1.54) is 21.6 Å². The molecule has 0 aromatic heterocycles. The maximum atomic E-state index is 5.41. The van der Waals surface area contributed by atoms with Crippen LogP contribution in [0, 0.1) is 13.8 Å². The molecule has 0 bridgehead atoms. The monoisotopic (exact) mass is 258 g/mol. The Labute approximate surface area is 113 Å². The topological polar surface area (TPSA) is 9.23 Å². The Morgan fingerprint density at radius 1 is 1.06 bits per heavy atom. The minimum absolute atomic E-state index is 0.940. The van der Waals surface area contributed by atoms with Crippen molar-refractivity contribution in [3.63, 3.8) is 0 Å². The van der Waals surface area contributed by atoms with Gasteiger partial charge in [-0.25, -0.2) is 0 Å². The minimum Gasteiger partial charge on any atom is -0.496 e. The molecule has 94 valence electrons. The Kier molecular flexibility index (Phi) is 4.32. The van der Waals surface area contributed by atoms with Crippen molar-refractivity contribution in [3.8, 4) is 5.75 Å². The molecule has 0 aliphatic carbocycles. The predicted octanol–water partition coefficient (Wildman–Crippen LogP) is 4.60. The van der Waals surface area contributed by atoms with E-state index in [2.05, 4.69) is 50.2 Å².